The van der Waals surface area contributed by atoms with Crippen LogP contribution in [0.2, 0.25) is 0 Å². The highest BCUT2D eigenvalue weighted by atomic mass is 32.1. The Labute approximate surface area is 99.5 Å². The molecule has 5 heteroatoms. The Kier molecular flexibility index (Phi) is 4.32. The van der Waals surface area contributed by atoms with Crippen LogP contribution in [0.15, 0.2) is 6.07 Å². The molecule has 0 spiro atoms. The van der Waals surface area contributed by atoms with Crippen LogP contribution in [0.1, 0.15) is 34.8 Å². The Balaban J connectivity index is 2.58. The predicted octanol–water partition coefficient (Wildman–Crippen LogP) is 1.53. The maximum Gasteiger partial charge on any atom is 0.261 e. The lowest BCUT2D eigenvalue weighted by Gasteiger charge is -2.14. The summed E-state index contributed by atoms with van der Waals surface area (Å²) in [7, 11) is 0. The first-order chi connectivity index (χ1) is 7.40. The maximum atomic E-state index is 11.8. The normalized spacial score (nSPS) is 14.5. The molecule has 0 saturated heterocycles. The lowest BCUT2D eigenvalue weighted by atomic mass is 10.1. The van der Waals surface area contributed by atoms with E-state index in [1.165, 1.54) is 11.3 Å². The van der Waals surface area contributed by atoms with Crippen molar-refractivity contribution in [2.45, 2.75) is 39.3 Å². The zero-order chi connectivity index (χ0) is 12.3. The highest BCUT2D eigenvalue weighted by molar-refractivity contribution is 7.14. The lowest BCUT2D eigenvalue weighted by molar-refractivity contribution is 0.0927. The van der Waals surface area contributed by atoms with Crippen molar-refractivity contribution in [3.63, 3.8) is 0 Å². The Morgan fingerprint density at radius 1 is 1.62 bits per heavy atom. The monoisotopic (exact) mass is 242 g/mol. The summed E-state index contributed by atoms with van der Waals surface area (Å²) in [5.74, 6) is -0.127. The molecule has 1 aromatic heterocycles. The standard InChI is InChI=1S/C11H18N2O2S/c1-6(4-7(2)14)13-11(15)10-5-9(12)8(3)16-10/h5-7,14H,4,12H2,1-3H3,(H,13,15). The SMILES string of the molecule is Cc1sc(C(=O)NC(C)CC(C)O)cc1N. The lowest BCUT2D eigenvalue weighted by Crippen LogP contribution is -2.34. The van der Waals surface area contributed by atoms with Crippen LogP contribution in [0.4, 0.5) is 5.69 Å². The Morgan fingerprint density at radius 3 is 2.69 bits per heavy atom. The van der Waals surface area contributed by atoms with Gasteiger partial charge in [-0.1, -0.05) is 0 Å². The van der Waals surface area contributed by atoms with E-state index < -0.39 is 6.10 Å². The number of hydrogen-bond donors (Lipinski definition) is 3. The molecule has 1 aromatic rings. The van der Waals surface area contributed by atoms with E-state index in [4.69, 9.17) is 5.73 Å². The average Bonchev–Trinajstić information content (AvgIpc) is 2.45. The summed E-state index contributed by atoms with van der Waals surface area (Å²) in [6, 6.07) is 1.64. The minimum absolute atomic E-state index is 0.0452. The van der Waals surface area contributed by atoms with Crippen molar-refractivity contribution in [3.05, 3.63) is 15.8 Å². The number of nitrogens with two attached hydrogens (primary N) is 1. The van der Waals surface area contributed by atoms with E-state index in [1.54, 1.807) is 13.0 Å². The Bertz CT molecular complexity index is 355. The highest BCUT2D eigenvalue weighted by Gasteiger charge is 2.14. The van der Waals surface area contributed by atoms with E-state index in [0.29, 0.717) is 17.0 Å². The van der Waals surface area contributed by atoms with Gasteiger partial charge < -0.3 is 16.2 Å². The first-order valence-electron chi connectivity index (χ1n) is 5.25. The highest BCUT2D eigenvalue weighted by Crippen LogP contribution is 2.23. The number of anilines is 1. The van der Waals surface area contributed by atoms with Gasteiger partial charge in [0, 0.05) is 16.6 Å². The van der Waals surface area contributed by atoms with Crippen molar-refractivity contribution in [3.8, 4) is 0 Å². The summed E-state index contributed by atoms with van der Waals surface area (Å²) >= 11 is 1.38. The van der Waals surface area contributed by atoms with E-state index in [-0.39, 0.29) is 11.9 Å². The number of amides is 1. The molecule has 16 heavy (non-hydrogen) atoms. The molecule has 1 heterocycles. The Morgan fingerprint density at radius 2 is 2.25 bits per heavy atom. The fraction of sp³-hybridized carbons (Fsp3) is 0.545. The van der Waals surface area contributed by atoms with Gasteiger partial charge in [-0.05, 0) is 33.3 Å². The van der Waals surface area contributed by atoms with Crippen LogP contribution in [0.3, 0.4) is 0 Å². The van der Waals surface area contributed by atoms with Gasteiger partial charge in [0.05, 0.1) is 11.0 Å². The second-order valence-electron chi connectivity index (χ2n) is 4.08. The van der Waals surface area contributed by atoms with Gasteiger partial charge in [-0.15, -0.1) is 11.3 Å². The number of carbonyl (C=O) groups is 1. The van der Waals surface area contributed by atoms with Crippen LogP contribution >= 0.6 is 11.3 Å². The first kappa shape index (κ1) is 13.0. The van der Waals surface area contributed by atoms with Crippen LogP contribution in [0, 0.1) is 6.92 Å². The van der Waals surface area contributed by atoms with Crippen molar-refractivity contribution < 1.29 is 9.90 Å². The predicted molar refractivity (Wildman–Crippen MR) is 66.7 cm³/mol. The molecule has 2 atom stereocenters. The summed E-state index contributed by atoms with van der Waals surface area (Å²) in [4.78, 5) is 13.3. The minimum atomic E-state index is -0.412. The number of hydrogen-bond acceptors (Lipinski definition) is 4. The molecular weight excluding hydrogens is 224 g/mol. The number of thiophene rings is 1. The summed E-state index contributed by atoms with van der Waals surface area (Å²) in [5.41, 5.74) is 6.33. The molecule has 2 unspecified atom stereocenters. The van der Waals surface area contributed by atoms with Gasteiger partial charge in [-0.2, -0.15) is 0 Å². The summed E-state index contributed by atoms with van der Waals surface area (Å²) in [6.07, 6.45) is 0.136. The molecule has 0 aliphatic heterocycles. The molecule has 90 valence electrons. The van der Waals surface area contributed by atoms with E-state index in [9.17, 15) is 9.90 Å². The topological polar surface area (TPSA) is 75.3 Å². The molecule has 0 aromatic carbocycles. The van der Waals surface area contributed by atoms with Gasteiger partial charge >= 0.3 is 0 Å². The maximum absolute atomic E-state index is 11.8. The summed E-state index contributed by atoms with van der Waals surface area (Å²) in [5, 5.41) is 12.0. The number of carbonyl (C=O) groups excluding carboxylic acids is 1. The molecule has 0 radical (unpaired) electrons. The molecule has 4 N–H and O–H groups in total. The third kappa shape index (κ3) is 3.50. The molecule has 0 fully saturated rings. The van der Waals surface area contributed by atoms with Crippen LogP contribution in [-0.2, 0) is 0 Å². The van der Waals surface area contributed by atoms with Gasteiger partial charge in [0.15, 0.2) is 0 Å². The molecule has 1 rings (SSSR count). The largest absolute Gasteiger partial charge is 0.398 e. The van der Waals surface area contributed by atoms with Crippen molar-refractivity contribution in [1.82, 2.24) is 5.32 Å². The van der Waals surface area contributed by atoms with E-state index in [0.717, 1.165) is 4.88 Å². The molecule has 0 bridgehead atoms. The number of aryl methyl sites for hydroxylation is 1. The molecular formula is C11H18N2O2S. The van der Waals surface area contributed by atoms with Crippen molar-refractivity contribution in [1.29, 1.82) is 0 Å². The van der Waals surface area contributed by atoms with E-state index in [1.807, 2.05) is 13.8 Å². The van der Waals surface area contributed by atoms with Gasteiger partial charge in [-0.3, -0.25) is 4.79 Å². The Hall–Kier alpha value is -1.07. The zero-order valence-corrected chi connectivity index (χ0v) is 10.6. The second-order valence-corrected chi connectivity index (χ2v) is 5.34. The molecule has 1 amide bonds. The van der Waals surface area contributed by atoms with Crippen molar-refractivity contribution >= 4 is 22.9 Å². The third-order valence-corrected chi connectivity index (χ3v) is 3.32. The smallest absolute Gasteiger partial charge is 0.261 e. The fourth-order valence-electron chi connectivity index (χ4n) is 1.47. The zero-order valence-electron chi connectivity index (χ0n) is 9.78. The van der Waals surface area contributed by atoms with E-state index in [2.05, 4.69) is 5.32 Å². The quantitative estimate of drug-likeness (QED) is 0.749. The average molecular weight is 242 g/mol. The van der Waals surface area contributed by atoms with Crippen molar-refractivity contribution in [2.24, 2.45) is 0 Å². The van der Waals surface area contributed by atoms with Crippen LogP contribution < -0.4 is 11.1 Å². The number of aliphatic hydroxyl groups is 1. The van der Waals surface area contributed by atoms with Crippen LogP contribution in [0.5, 0.6) is 0 Å². The summed E-state index contributed by atoms with van der Waals surface area (Å²) in [6.45, 7) is 5.46. The van der Waals surface area contributed by atoms with Gasteiger partial charge in [0.1, 0.15) is 0 Å². The van der Waals surface area contributed by atoms with Crippen molar-refractivity contribution in [2.75, 3.05) is 5.73 Å². The fourth-order valence-corrected chi connectivity index (χ4v) is 2.32. The number of aliphatic hydroxyl groups excluding tert-OH is 1. The van der Waals surface area contributed by atoms with Gasteiger partial charge in [0.25, 0.3) is 5.91 Å². The van der Waals surface area contributed by atoms with Crippen LogP contribution in [-0.4, -0.2) is 23.2 Å². The molecule has 0 aliphatic carbocycles. The molecule has 0 saturated carbocycles. The second kappa shape index (κ2) is 5.32. The number of nitrogen functional groups attached to an aromatic ring is 1. The molecule has 4 nitrogen and oxygen atoms in total. The molecule has 0 aliphatic rings. The third-order valence-electron chi connectivity index (χ3n) is 2.25. The van der Waals surface area contributed by atoms with E-state index >= 15 is 0 Å². The minimum Gasteiger partial charge on any atom is -0.398 e. The first-order valence-corrected chi connectivity index (χ1v) is 6.06. The van der Waals surface area contributed by atoms with Crippen LogP contribution in [0.25, 0.3) is 0 Å². The number of nitrogens with one attached hydrogen (secondary N) is 1. The number of rotatable bonds is 4. The van der Waals surface area contributed by atoms with Gasteiger partial charge in [-0.25, -0.2) is 0 Å². The van der Waals surface area contributed by atoms with Gasteiger partial charge in [0.2, 0.25) is 0 Å². The summed E-state index contributed by atoms with van der Waals surface area (Å²) < 4.78 is 0.